The fourth-order valence-corrected chi connectivity index (χ4v) is 2.11. The quantitative estimate of drug-likeness (QED) is 0.759. The Balaban J connectivity index is 2.41. The van der Waals surface area contributed by atoms with E-state index in [0.29, 0.717) is 27.6 Å². The summed E-state index contributed by atoms with van der Waals surface area (Å²) in [6, 6.07) is 14.4. The molecule has 0 saturated carbocycles. The normalized spacial score (nSPS) is 9.83. The number of para-hydroxylation sites is 1. The van der Waals surface area contributed by atoms with Crippen molar-refractivity contribution in [2.24, 2.45) is 0 Å². The van der Waals surface area contributed by atoms with Crippen LogP contribution in [0.4, 0.5) is 0 Å². The molecule has 0 aromatic heterocycles. The average molecular weight is 278 g/mol. The maximum atomic E-state index is 9.00. The summed E-state index contributed by atoms with van der Waals surface area (Å²) >= 11 is 11.9. The minimum absolute atomic E-state index is 0.254. The molecule has 2 rings (SSSR count). The summed E-state index contributed by atoms with van der Waals surface area (Å²) in [5, 5.41) is 9.55. The Hall–Kier alpha value is -1.69. The molecular formula is C14H9Cl2NO. The van der Waals surface area contributed by atoms with Crippen LogP contribution < -0.4 is 4.74 Å². The van der Waals surface area contributed by atoms with Gasteiger partial charge in [0.2, 0.25) is 0 Å². The largest absolute Gasteiger partial charge is 0.456 e. The van der Waals surface area contributed by atoms with E-state index in [9.17, 15) is 0 Å². The van der Waals surface area contributed by atoms with Crippen LogP contribution in [-0.4, -0.2) is 0 Å². The van der Waals surface area contributed by atoms with E-state index < -0.39 is 0 Å². The molecule has 0 radical (unpaired) electrons. The van der Waals surface area contributed by atoms with E-state index in [1.54, 1.807) is 42.5 Å². The van der Waals surface area contributed by atoms with Crippen molar-refractivity contribution in [3.8, 4) is 17.6 Å². The predicted molar refractivity (Wildman–Crippen MR) is 72.2 cm³/mol. The Morgan fingerprint density at radius 3 is 2.50 bits per heavy atom. The van der Waals surface area contributed by atoms with Crippen LogP contribution in [0.25, 0.3) is 0 Å². The number of rotatable bonds is 3. The second kappa shape index (κ2) is 5.77. The fraction of sp³-hybridized carbons (Fsp3) is 0.0714. The monoisotopic (exact) mass is 277 g/mol. The maximum absolute atomic E-state index is 9.00. The third-order valence-corrected chi connectivity index (χ3v) is 3.06. The van der Waals surface area contributed by atoms with Gasteiger partial charge in [0.05, 0.1) is 11.4 Å². The van der Waals surface area contributed by atoms with Crippen LogP contribution in [0.1, 0.15) is 11.1 Å². The number of hydrogen-bond acceptors (Lipinski definition) is 2. The molecule has 0 bridgehead atoms. The van der Waals surface area contributed by atoms with Gasteiger partial charge >= 0.3 is 0 Å². The van der Waals surface area contributed by atoms with E-state index in [-0.39, 0.29) is 5.88 Å². The van der Waals surface area contributed by atoms with Crippen molar-refractivity contribution in [1.82, 2.24) is 0 Å². The van der Waals surface area contributed by atoms with Crippen molar-refractivity contribution in [2.45, 2.75) is 5.88 Å². The van der Waals surface area contributed by atoms with E-state index in [2.05, 4.69) is 6.07 Å². The van der Waals surface area contributed by atoms with Crippen molar-refractivity contribution in [3.63, 3.8) is 0 Å². The van der Waals surface area contributed by atoms with Gasteiger partial charge in [-0.1, -0.05) is 29.8 Å². The number of nitriles is 1. The Kier molecular flexibility index (Phi) is 4.09. The molecular weight excluding hydrogens is 269 g/mol. The first kappa shape index (κ1) is 12.8. The molecule has 0 heterocycles. The molecule has 0 atom stereocenters. The summed E-state index contributed by atoms with van der Waals surface area (Å²) in [4.78, 5) is 0. The number of benzene rings is 2. The molecule has 2 aromatic rings. The van der Waals surface area contributed by atoms with Gasteiger partial charge in [-0.15, -0.1) is 11.6 Å². The summed E-state index contributed by atoms with van der Waals surface area (Å²) in [5.74, 6) is 1.32. The molecule has 0 amide bonds. The highest BCUT2D eigenvalue weighted by Gasteiger charge is 2.10. The Bertz CT molecular complexity index is 605. The lowest BCUT2D eigenvalue weighted by Crippen LogP contribution is -1.92. The SMILES string of the molecule is N#Cc1ccccc1Oc1cccc(Cl)c1CCl. The second-order valence-electron chi connectivity index (χ2n) is 3.56. The van der Waals surface area contributed by atoms with Crippen LogP contribution in [-0.2, 0) is 5.88 Å². The summed E-state index contributed by atoms with van der Waals surface area (Å²) in [6.07, 6.45) is 0. The van der Waals surface area contributed by atoms with Crippen LogP contribution in [0.3, 0.4) is 0 Å². The lowest BCUT2D eigenvalue weighted by molar-refractivity contribution is 0.477. The van der Waals surface area contributed by atoms with Crippen molar-refractivity contribution in [3.05, 3.63) is 58.6 Å². The lowest BCUT2D eigenvalue weighted by atomic mass is 10.2. The molecule has 90 valence electrons. The van der Waals surface area contributed by atoms with Gasteiger partial charge < -0.3 is 4.74 Å². The van der Waals surface area contributed by atoms with Gasteiger partial charge in [0, 0.05) is 10.6 Å². The molecule has 2 aromatic carbocycles. The highest BCUT2D eigenvalue weighted by atomic mass is 35.5. The third kappa shape index (κ3) is 2.59. The van der Waals surface area contributed by atoms with Crippen LogP contribution in [0.15, 0.2) is 42.5 Å². The van der Waals surface area contributed by atoms with Gasteiger partial charge in [-0.05, 0) is 24.3 Å². The van der Waals surface area contributed by atoms with Crippen molar-refractivity contribution < 1.29 is 4.74 Å². The highest BCUT2D eigenvalue weighted by Crippen LogP contribution is 2.32. The Labute approximate surface area is 115 Å². The molecule has 0 unspecified atom stereocenters. The van der Waals surface area contributed by atoms with Gasteiger partial charge in [0.1, 0.15) is 17.6 Å². The van der Waals surface area contributed by atoms with Gasteiger partial charge in [-0.25, -0.2) is 0 Å². The van der Waals surface area contributed by atoms with E-state index in [0.717, 1.165) is 0 Å². The van der Waals surface area contributed by atoms with Crippen LogP contribution in [0, 0.1) is 11.3 Å². The van der Waals surface area contributed by atoms with Crippen molar-refractivity contribution in [2.75, 3.05) is 0 Å². The highest BCUT2D eigenvalue weighted by molar-refractivity contribution is 6.32. The zero-order valence-corrected chi connectivity index (χ0v) is 10.9. The van der Waals surface area contributed by atoms with Gasteiger partial charge in [0.15, 0.2) is 0 Å². The number of nitrogens with zero attached hydrogens (tertiary/aromatic N) is 1. The fourth-order valence-electron chi connectivity index (χ4n) is 1.53. The van der Waals surface area contributed by atoms with Gasteiger partial charge in [-0.2, -0.15) is 5.26 Å². The molecule has 18 heavy (non-hydrogen) atoms. The first-order valence-corrected chi connectivity index (χ1v) is 6.18. The zero-order valence-electron chi connectivity index (χ0n) is 9.36. The summed E-state index contributed by atoms with van der Waals surface area (Å²) in [5.41, 5.74) is 1.19. The minimum Gasteiger partial charge on any atom is -0.456 e. The number of ether oxygens (including phenoxy) is 1. The van der Waals surface area contributed by atoms with Crippen molar-refractivity contribution >= 4 is 23.2 Å². The minimum atomic E-state index is 0.254. The molecule has 0 aliphatic rings. The predicted octanol–water partition coefficient (Wildman–Crippen LogP) is 4.74. The smallest absolute Gasteiger partial charge is 0.145 e. The molecule has 0 aliphatic carbocycles. The summed E-state index contributed by atoms with van der Waals surface area (Å²) in [7, 11) is 0. The molecule has 0 saturated heterocycles. The van der Waals surface area contributed by atoms with E-state index in [1.165, 1.54) is 0 Å². The molecule has 0 spiro atoms. The standard InChI is InChI=1S/C14H9Cl2NO/c15-8-11-12(16)5-3-7-14(11)18-13-6-2-1-4-10(13)9-17/h1-7H,8H2. The van der Waals surface area contributed by atoms with Crippen molar-refractivity contribution in [1.29, 1.82) is 5.26 Å². The zero-order chi connectivity index (χ0) is 13.0. The molecule has 0 N–H and O–H groups in total. The Morgan fingerprint density at radius 2 is 1.78 bits per heavy atom. The van der Waals surface area contributed by atoms with E-state index >= 15 is 0 Å². The first-order chi connectivity index (χ1) is 8.76. The summed E-state index contributed by atoms with van der Waals surface area (Å²) in [6.45, 7) is 0. The van der Waals surface area contributed by atoms with E-state index in [4.69, 9.17) is 33.2 Å². The third-order valence-electron chi connectivity index (χ3n) is 2.44. The van der Waals surface area contributed by atoms with Crippen LogP contribution >= 0.6 is 23.2 Å². The summed E-state index contributed by atoms with van der Waals surface area (Å²) < 4.78 is 5.71. The van der Waals surface area contributed by atoms with E-state index in [1.807, 2.05) is 0 Å². The second-order valence-corrected chi connectivity index (χ2v) is 4.23. The lowest BCUT2D eigenvalue weighted by Gasteiger charge is -2.11. The Morgan fingerprint density at radius 1 is 1.06 bits per heavy atom. The average Bonchev–Trinajstić information content (AvgIpc) is 2.40. The van der Waals surface area contributed by atoms with Gasteiger partial charge in [-0.3, -0.25) is 0 Å². The molecule has 2 nitrogen and oxygen atoms in total. The molecule has 4 heteroatoms. The van der Waals surface area contributed by atoms with Crippen LogP contribution in [0.2, 0.25) is 5.02 Å². The first-order valence-electron chi connectivity index (χ1n) is 5.26. The van der Waals surface area contributed by atoms with Gasteiger partial charge in [0.25, 0.3) is 0 Å². The molecule has 0 aliphatic heterocycles. The number of alkyl halides is 1. The maximum Gasteiger partial charge on any atom is 0.145 e. The molecule has 0 fully saturated rings. The van der Waals surface area contributed by atoms with Crippen LogP contribution in [0.5, 0.6) is 11.5 Å². The topological polar surface area (TPSA) is 33.0 Å². The number of hydrogen-bond donors (Lipinski definition) is 0. The number of halogens is 2.